The number of amides is 1. The highest BCUT2D eigenvalue weighted by atomic mass is 35.5. The summed E-state index contributed by atoms with van der Waals surface area (Å²) < 4.78 is 7.53. The number of carbonyl (C=O) groups is 1. The number of carbonyl (C=O) groups excluding carboxylic acids is 1. The molecule has 3 rings (SSSR count). The molecule has 0 aliphatic carbocycles. The standard InChI is InChI=1S/C17H22ClN5O2.ClH/c1-12(25-15-4-2-3-13(18)9-15)10-20-17(24)16-11-23(22-21-16)14-5-7-19-8-6-14;/h2-4,9,11-12,14,19H,5-8,10H2,1H3,(H,20,24);1H. The van der Waals surface area contributed by atoms with Gasteiger partial charge in [-0.05, 0) is 51.1 Å². The number of nitrogens with one attached hydrogen (secondary N) is 2. The van der Waals surface area contributed by atoms with Gasteiger partial charge in [-0.3, -0.25) is 4.79 Å². The number of ether oxygens (including phenoxy) is 1. The van der Waals surface area contributed by atoms with Crippen LogP contribution in [0.15, 0.2) is 30.5 Å². The number of aromatic nitrogens is 3. The molecular weight excluding hydrogens is 377 g/mol. The van der Waals surface area contributed by atoms with E-state index in [0.717, 1.165) is 25.9 Å². The Morgan fingerprint density at radius 3 is 2.96 bits per heavy atom. The van der Waals surface area contributed by atoms with Gasteiger partial charge < -0.3 is 15.4 Å². The molecule has 0 radical (unpaired) electrons. The summed E-state index contributed by atoms with van der Waals surface area (Å²) >= 11 is 5.93. The summed E-state index contributed by atoms with van der Waals surface area (Å²) in [5.74, 6) is 0.424. The maximum absolute atomic E-state index is 12.2. The van der Waals surface area contributed by atoms with Crippen LogP contribution in [-0.4, -0.2) is 46.6 Å². The summed E-state index contributed by atoms with van der Waals surface area (Å²) in [6.07, 6.45) is 3.51. The van der Waals surface area contributed by atoms with Crippen LogP contribution in [0.1, 0.15) is 36.3 Å². The molecule has 1 aromatic carbocycles. The Bertz CT molecular complexity index is 719. The lowest BCUT2D eigenvalue weighted by molar-refractivity contribution is 0.0927. The number of piperidine rings is 1. The summed E-state index contributed by atoms with van der Waals surface area (Å²) in [7, 11) is 0. The van der Waals surface area contributed by atoms with E-state index in [1.165, 1.54) is 0 Å². The zero-order valence-corrected chi connectivity index (χ0v) is 16.1. The summed E-state index contributed by atoms with van der Waals surface area (Å²) in [4.78, 5) is 12.2. The van der Waals surface area contributed by atoms with E-state index in [1.54, 1.807) is 23.0 Å². The molecule has 1 saturated heterocycles. The van der Waals surface area contributed by atoms with E-state index in [9.17, 15) is 4.79 Å². The van der Waals surface area contributed by atoms with Crippen LogP contribution in [0.25, 0.3) is 0 Å². The van der Waals surface area contributed by atoms with Gasteiger partial charge in [-0.1, -0.05) is 22.9 Å². The minimum atomic E-state index is -0.248. The molecule has 1 aromatic heterocycles. The van der Waals surface area contributed by atoms with Crippen LogP contribution in [0.2, 0.25) is 5.02 Å². The fraction of sp³-hybridized carbons (Fsp3) is 0.471. The van der Waals surface area contributed by atoms with Crippen LogP contribution >= 0.6 is 24.0 Å². The smallest absolute Gasteiger partial charge is 0.273 e. The first-order chi connectivity index (χ1) is 12.1. The van der Waals surface area contributed by atoms with Gasteiger partial charge in [0.05, 0.1) is 18.8 Å². The number of benzene rings is 1. The zero-order valence-electron chi connectivity index (χ0n) is 14.5. The SMILES string of the molecule is CC(CNC(=O)c1cn(C2CCNCC2)nn1)Oc1cccc(Cl)c1.Cl. The van der Waals surface area contributed by atoms with Crippen LogP contribution in [0.3, 0.4) is 0 Å². The minimum absolute atomic E-state index is 0. The molecule has 1 fully saturated rings. The number of nitrogens with zero attached hydrogens (tertiary/aromatic N) is 3. The van der Waals surface area contributed by atoms with Crippen molar-refractivity contribution in [2.75, 3.05) is 19.6 Å². The molecule has 2 N–H and O–H groups in total. The first-order valence-electron chi connectivity index (χ1n) is 8.45. The van der Waals surface area contributed by atoms with Crippen molar-refractivity contribution in [3.05, 3.63) is 41.2 Å². The zero-order chi connectivity index (χ0) is 17.6. The van der Waals surface area contributed by atoms with E-state index in [2.05, 4.69) is 20.9 Å². The second-order valence-corrected chi connectivity index (χ2v) is 6.60. The largest absolute Gasteiger partial charge is 0.489 e. The van der Waals surface area contributed by atoms with Crippen molar-refractivity contribution in [2.45, 2.75) is 31.9 Å². The van der Waals surface area contributed by atoms with Gasteiger partial charge >= 0.3 is 0 Å². The Labute approximate surface area is 163 Å². The third-order valence-electron chi connectivity index (χ3n) is 4.11. The van der Waals surface area contributed by atoms with Crippen molar-refractivity contribution in [3.63, 3.8) is 0 Å². The fourth-order valence-electron chi connectivity index (χ4n) is 2.77. The molecule has 1 aliphatic rings. The molecule has 142 valence electrons. The number of hydrogen-bond acceptors (Lipinski definition) is 5. The Hall–Kier alpha value is -1.83. The topological polar surface area (TPSA) is 81.1 Å². The Kier molecular flexibility index (Phi) is 7.68. The Morgan fingerprint density at radius 1 is 1.46 bits per heavy atom. The summed E-state index contributed by atoms with van der Waals surface area (Å²) in [5, 5.41) is 14.8. The molecule has 1 atom stereocenters. The van der Waals surface area contributed by atoms with Gasteiger partial charge in [-0.25, -0.2) is 4.68 Å². The molecule has 2 aromatic rings. The molecule has 0 bridgehead atoms. The predicted molar refractivity (Wildman–Crippen MR) is 102 cm³/mol. The highest BCUT2D eigenvalue weighted by Crippen LogP contribution is 2.18. The van der Waals surface area contributed by atoms with Gasteiger partial charge in [0.15, 0.2) is 5.69 Å². The maximum atomic E-state index is 12.2. The van der Waals surface area contributed by atoms with Crippen LogP contribution in [0, 0.1) is 0 Å². The van der Waals surface area contributed by atoms with Crippen molar-refractivity contribution in [1.82, 2.24) is 25.6 Å². The quantitative estimate of drug-likeness (QED) is 0.779. The maximum Gasteiger partial charge on any atom is 0.273 e. The molecule has 1 aliphatic heterocycles. The highest BCUT2D eigenvalue weighted by Gasteiger charge is 2.19. The molecular formula is C17H23Cl2N5O2. The molecule has 26 heavy (non-hydrogen) atoms. The fourth-order valence-corrected chi connectivity index (χ4v) is 2.95. The third kappa shape index (κ3) is 5.59. The van der Waals surface area contributed by atoms with Crippen LogP contribution in [0.5, 0.6) is 5.75 Å². The van der Waals surface area contributed by atoms with Crippen molar-refractivity contribution < 1.29 is 9.53 Å². The summed E-state index contributed by atoms with van der Waals surface area (Å²) in [5.41, 5.74) is 0.327. The van der Waals surface area contributed by atoms with E-state index < -0.39 is 0 Å². The second-order valence-electron chi connectivity index (χ2n) is 6.16. The molecule has 9 heteroatoms. The monoisotopic (exact) mass is 399 g/mol. The minimum Gasteiger partial charge on any atom is -0.489 e. The van der Waals surface area contributed by atoms with Crippen LogP contribution < -0.4 is 15.4 Å². The van der Waals surface area contributed by atoms with Crippen molar-refractivity contribution >= 4 is 29.9 Å². The average molecular weight is 400 g/mol. The lowest BCUT2D eigenvalue weighted by atomic mass is 10.1. The number of rotatable bonds is 6. The highest BCUT2D eigenvalue weighted by molar-refractivity contribution is 6.30. The van der Waals surface area contributed by atoms with Gasteiger partial charge in [-0.15, -0.1) is 17.5 Å². The first kappa shape index (κ1) is 20.5. The van der Waals surface area contributed by atoms with Crippen LogP contribution in [-0.2, 0) is 0 Å². The number of hydrogen-bond donors (Lipinski definition) is 2. The molecule has 2 heterocycles. The third-order valence-corrected chi connectivity index (χ3v) is 4.34. The lowest BCUT2D eigenvalue weighted by Crippen LogP contribution is -2.33. The average Bonchev–Trinajstić information content (AvgIpc) is 3.11. The van der Waals surface area contributed by atoms with E-state index >= 15 is 0 Å². The lowest BCUT2D eigenvalue weighted by Gasteiger charge is -2.22. The van der Waals surface area contributed by atoms with E-state index in [-0.39, 0.29) is 24.4 Å². The molecule has 0 saturated carbocycles. The molecule has 7 nitrogen and oxygen atoms in total. The predicted octanol–water partition coefficient (Wildman–Crippen LogP) is 2.48. The molecule has 0 spiro atoms. The normalized spacial score (nSPS) is 15.8. The van der Waals surface area contributed by atoms with E-state index in [4.69, 9.17) is 16.3 Å². The summed E-state index contributed by atoms with van der Waals surface area (Å²) in [6, 6.07) is 7.48. The van der Waals surface area contributed by atoms with Crippen LogP contribution in [0.4, 0.5) is 0 Å². The van der Waals surface area contributed by atoms with Gasteiger partial charge in [0, 0.05) is 5.02 Å². The number of halogens is 2. The van der Waals surface area contributed by atoms with Crippen molar-refractivity contribution in [1.29, 1.82) is 0 Å². The van der Waals surface area contributed by atoms with Gasteiger partial charge in [0.1, 0.15) is 11.9 Å². The van der Waals surface area contributed by atoms with Gasteiger partial charge in [0.2, 0.25) is 0 Å². The van der Waals surface area contributed by atoms with Crippen molar-refractivity contribution in [2.24, 2.45) is 0 Å². The first-order valence-corrected chi connectivity index (χ1v) is 8.82. The van der Waals surface area contributed by atoms with Gasteiger partial charge in [-0.2, -0.15) is 0 Å². The van der Waals surface area contributed by atoms with Gasteiger partial charge in [0.25, 0.3) is 5.91 Å². The Balaban J connectivity index is 0.00000243. The van der Waals surface area contributed by atoms with E-state index in [0.29, 0.717) is 29.1 Å². The molecule has 1 unspecified atom stereocenters. The van der Waals surface area contributed by atoms with E-state index in [1.807, 2.05) is 19.1 Å². The summed E-state index contributed by atoms with van der Waals surface area (Å²) in [6.45, 7) is 4.17. The Morgan fingerprint density at radius 2 is 2.23 bits per heavy atom. The molecule has 1 amide bonds. The second kappa shape index (κ2) is 9.75. The van der Waals surface area contributed by atoms with Crippen molar-refractivity contribution in [3.8, 4) is 5.75 Å².